The summed E-state index contributed by atoms with van der Waals surface area (Å²) in [7, 11) is 0. The van der Waals surface area contributed by atoms with Crippen molar-refractivity contribution in [3.8, 4) is 5.75 Å². The lowest BCUT2D eigenvalue weighted by Gasteiger charge is -2.39. The quantitative estimate of drug-likeness (QED) is 0.858. The van der Waals surface area contributed by atoms with Crippen molar-refractivity contribution in [1.82, 2.24) is 0 Å². The van der Waals surface area contributed by atoms with Gasteiger partial charge in [-0.25, -0.2) is 4.99 Å². The van der Waals surface area contributed by atoms with Crippen molar-refractivity contribution >= 4 is 11.6 Å². The zero-order valence-electron chi connectivity index (χ0n) is 15.6. The highest BCUT2D eigenvalue weighted by Crippen LogP contribution is 2.65. The lowest BCUT2D eigenvalue weighted by Crippen LogP contribution is -2.44. The van der Waals surface area contributed by atoms with Crippen LogP contribution in [-0.2, 0) is 10.3 Å². The van der Waals surface area contributed by atoms with Crippen molar-refractivity contribution < 1.29 is 9.47 Å². The van der Waals surface area contributed by atoms with Gasteiger partial charge in [-0.05, 0) is 48.1 Å². The van der Waals surface area contributed by atoms with Crippen LogP contribution in [0.2, 0.25) is 0 Å². The van der Waals surface area contributed by atoms with Gasteiger partial charge >= 0.3 is 0 Å². The molecule has 0 saturated heterocycles. The van der Waals surface area contributed by atoms with Gasteiger partial charge in [0, 0.05) is 11.0 Å². The van der Waals surface area contributed by atoms with E-state index in [0.29, 0.717) is 19.2 Å². The molecule has 1 aromatic rings. The van der Waals surface area contributed by atoms with Gasteiger partial charge in [-0.3, -0.25) is 0 Å². The lowest BCUT2D eigenvalue weighted by atomic mass is 9.74. The van der Waals surface area contributed by atoms with E-state index in [-0.39, 0.29) is 5.41 Å². The minimum Gasteiger partial charge on any atom is -0.493 e. The summed E-state index contributed by atoms with van der Waals surface area (Å²) >= 11 is 0. The number of nitrogens with zero attached hydrogens (tertiary/aromatic N) is 1. The second-order valence-corrected chi connectivity index (χ2v) is 7.82. The molecule has 0 amide bonds. The molecule has 0 radical (unpaired) electrons. The van der Waals surface area contributed by atoms with Gasteiger partial charge in [0.25, 0.3) is 6.02 Å². The second kappa shape index (κ2) is 5.88. The number of amidine groups is 1. The van der Waals surface area contributed by atoms with Gasteiger partial charge in [0.2, 0.25) is 0 Å². The number of benzene rings is 1. The number of allylic oxidation sites excluding steroid dienone is 8. The minimum absolute atomic E-state index is 0.0299. The summed E-state index contributed by atoms with van der Waals surface area (Å²) in [5, 5.41) is 0. The zero-order chi connectivity index (χ0) is 18.5. The van der Waals surface area contributed by atoms with Gasteiger partial charge in [-0.1, -0.05) is 49.4 Å². The Labute approximate surface area is 159 Å². The maximum atomic E-state index is 6.13. The molecule has 2 aliphatic heterocycles. The van der Waals surface area contributed by atoms with Gasteiger partial charge in [-0.15, -0.1) is 0 Å². The van der Waals surface area contributed by atoms with E-state index in [1.54, 1.807) is 0 Å². The summed E-state index contributed by atoms with van der Waals surface area (Å²) in [5.41, 5.74) is 10.3. The summed E-state index contributed by atoms with van der Waals surface area (Å²) in [5.74, 6) is 0.903. The molecule has 0 bridgehead atoms. The molecule has 4 heteroatoms. The van der Waals surface area contributed by atoms with E-state index in [1.807, 2.05) is 0 Å². The van der Waals surface area contributed by atoms with E-state index in [0.717, 1.165) is 30.6 Å². The van der Waals surface area contributed by atoms with Crippen LogP contribution in [0.5, 0.6) is 5.75 Å². The van der Waals surface area contributed by atoms with Crippen molar-refractivity contribution in [3.05, 3.63) is 71.4 Å². The summed E-state index contributed by atoms with van der Waals surface area (Å²) in [4.78, 5) is 4.82. The normalized spacial score (nSPS) is 30.2. The number of rotatable bonds is 2. The Balaban J connectivity index is 1.64. The van der Waals surface area contributed by atoms with Crippen molar-refractivity contribution in [3.63, 3.8) is 0 Å². The van der Waals surface area contributed by atoms with Crippen LogP contribution in [0.3, 0.4) is 0 Å². The van der Waals surface area contributed by atoms with Crippen molar-refractivity contribution in [2.24, 2.45) is 16.1 Å². The van der Waals surface area contributed by atoms with E-state index in [1.165, 1.54) is 16.7 Å². The molecule has 1 aromatic carbocycles. The van der Waals surface area contributed by atoms with Gasteiger partial charge in [0.05, 0.1) is 6.61 Å². The summed E-state index contributed by atoms with van der Waals surface area (Å²) in [6.45, 7) is 3.38. The first-order chi connectivity index (χ1) is 13.2. The molecule has 2 spiro atoms. The molecular weight excluding hydrogens is 336 g/mol. The number of fused-ring (bicyclic) bond motifs is 3. The molecule has 1 unspecified atom stereocenters. The highest BCUT2D eigenvalue weighted by Gasteiger charge is 2.66. The fourth-order valence-corrected chi connectivity index (χ4v) is 4.43. The Morgan fingerprint density at radius 2 is 2.00 bits per heavy atom. The number of hydrogen-bond donors (Lipinski definition) is 1. The Morgan fingerprint density at radius 1 is 1.11 bits per heavy atom. The molecule has 2 aliphatic carbocycles. The third-order valence-electron chi connectivity index (χ3n) is 6.28. The first-order valence-corrected chi connectivity index (χ1v) is 9.67. The van der Waals surface area contributed by atoms with E-state index in [2.05, 4.69) is 61.6 Å². The van der Waals surface area contributed by atoms with E-state index in [9.17, 15) is 0 Å². The monoisotopic (exact) mass is 360 g/mol. The van der Waals surface area contributed by atoms with Crippen LogP contribution in [0, 0.1) is 5.41 Å². The number of aliphatic imine (C=N–C) groups is 1. The van der Waals surface area contributed by atoms with Crippen LogP contribution in [0.1, 0.15) is 37.3 Å². The first kappa shape index (κ1) is 16.4. The summed E-state index contributed by atoms with van der Waals surface area (Å²) in [6.07, 6.45) is 16.0. The Hall–Kier alpha value is -2.75. The van der Waals surface area contributed by atoms with Crippen molar-refractivity contribution in [2.75, 3.05) is 13.2 Å². The van der Waals surface area contributed by atoms with E-state index < -0.39 is 5.54 Å². The third-order valence-corrected chi connectivity index (χ3v) is 6.28. The highest BCUT2D eigenvalue weighted by atomic mass is 16.5. The van der Waals surface area contributed by atoms with Gasteiger partial charge in [-0.2, -0.15) is 0 Å². The zero-order valence-corrected chi connectivity index (χ0v) is 15.6. The third kappa shape index (κ3) is 2.47. The van der Waals surface area contributed by atoms with Crippen LogP contribution >= 0.6 is 0 Å². The molecule has 4 nitrogen and oxygen atoms in total. The van der Waals surface area contributed by atoms with Gasteiger partial charge in [0.15, 0.2) is 0 Å². The molecule has 2 N–H and O–H groups in total. The molecule has 1 saturated carbocycles. The maximum absolute atomic E-state index is 6.13. The Kier molecular flexibility index (Phi) is 3.58. The topological polar surface area (TPSA) is 56.8 Å². The average molecular weight is 360 g/mol. The standard InChI is InChI=1S/C23H24N2O2/c1-2-16-6-4-3-5-7-17(12-16)18-8-9-20-19(13-18)23(15-27-21(24)25-23)22(10-11-22)14-26-20/h3-9,12-13H,2,10-11,14-15H2,1H3,(H2,24,25)/b4-3?,5-3+,6-4?,7-5?,16-6?,16-12?,17-7+,17-12?. The predicted molar refractivity (Wildman–Crippen MR) is 107 cm³/mol. The summed E-state index contributed by atoms with van der Waals surface area (Å²) < 4.78 is 11.8. The van der Waals surface area contributed by atoms with Crippen molar-refractivity contribution in [1.29, 1.82) is 0 Å². The molecular formula is C23H24N2O2. The first-order valence-electron chi connectivity index (χ1n) is 9.67. The van der Waals surface area contributed by atoms with Gasteiger partial charge < -0.3 is 15.2 Å². The molecule has 1 fully saturated rings. The van der Waals surface area contributed by atoms with Crippen LogP contribution in [0.4, 0.5) is 0 Å². The van der Waals surface area contributed by atoms with E-state index in [4.69, 9.17) is 20.2 Å². The van der Waals surface area contributed by atoms with Crippen LogP contribution in [-0.4, -0.2) is 19.2 Å². The SMILES string of the molecule is CCC1=C/C(c2ccc3c(c2)C2(COC(N)=N2)C2(CC2)CO3)=C\C=C\C=C1. The largest absolute Gasteiger partial charge is 0.493 e. The smallest absolute Gasteiger partial charge is 0.283 e. The van der Waals surface area contributed by atoms with Gasteiger partial charge in [0.1, 0.15) is 17.9 Å². The maximum Gasteiger partial charge on any atom is 0.283 e. The fourth-order valence-electron chi connectivity index (χ4n) is 4.43. The molecule has 0 aromatic heterocycles. The Bertz CT molecular complexity index is 947. The minimum atomic E-state index is -0.407. The molecule has 1 atom stereocenters. The highest BCUT2D eigenvalue weighted by molar-refractivity contribution is 5.79. The van der Waals surface area contributed by atoms with Crippen LogP contribution < -0.4 is 10.5 Å². The molecule has 5 rings (SSSR count). The number of hydrogen-bond acceptors (Lipinski definition) is 4. The van der Waals surface area contributed by atoms with Crippen molar-refractivity contribution in [2.45, 2.75) is 31.7 Å². The molecule has 2 heterocycles. The van der Waals surface area contributed by atoms with Crippen LogP contribution in [0.25, 0.3) is 5.57 Å². The average Bonchev–Trinajstić information content (AvgIpc) is 3.34. The van der Waals surface area contributed by atoms with Crippen LogP contribution in [0.15, 0.2) is 65.2 Å². The predicted octanol–water partition coefficient (Wildman–Crippen LogP) is 4.25. The number of ether oxygens (including phenoxy) is 2. The lowest BCUT2D eigenvalue weighted by molar-refractivity contribution is 0.0871. The second-order valence-electron chi connectivity index (χ2n) is 7.82. The Morgan fingerprint density at radius 3 is 2.74 bits per heavy atom. The number of nitrogens with two attached hydrogens (primary N) is 1. The molecule has 138 valence electrons. The molecule has 4 aliphatic rings. The molecule has 27 heavy (non-hydrogen) atoms. The summed E-state index contributed by atoms with van der Waals surface area (Å²) in [6, 6.07) is 6.74. The fraction of sp³-hybridized carbons (Fsp3) is 0.348. The van der Waals surface area contributed by atoms with E-state index >= 15 is 0 Å².